The highest BCUT2D eigenvalue weighted by Crippen LogP contribution is 2.33. The van der Waals surface area contributed by atoms with E-state index in [-0.39, 0.29) is 17.7 Å². The molecular formula is C11H14ClN3O2S. The Morgan fingerprint density at radius 3 is 2.83 bits per heavy atom. The van der Waals surface area contributed by atoms with Crippen LogP contribution in [-0.4, -0.2) is 23.0 Å². The van der Waals surface area contributed by atoms with Gasteiger partial charge < -0.3 is 16.3 Å². The van der Waals surface area contributed by atoms with E-state index >= 15 is 0 Å². The average Bonchev–Trinajstić information content (AvgIpc) is 3.13. The Labute approximate surface area is 114 Å². The Kier molecular flexibility index (Phi) is 3.77. The van der Waals surface area contributed by atoms with Crippen LogP contribution in [0.2, 0.25) is 5.02 Å². The number of halogens is 1. The Balaban J connectivity index is 2.12. The third-order valence-corrected chi connectivity index (χ3v) is 4.62. The summed E-state index contributed by atoms with van der Waals surface area (Å²) in [5.41, 5.74) is 6.46. The zero-order valence-electron chi connectivity index (χ0n) is 9.81. The molecule has 5 nitrogen and oxygen atoms in total. The van der Waals surface area contributed by atoms with Crippen molar-refractivity contribution in [2.45, 2.75) is 25.8 Å². The predicted octanol–water partition coefficient (Wildman–Crippen LogP) is 1.96. The van der Waals surface area contributed by atoms with E-state index in [0.29, 0.717) is 9.90 Å². The molecule has 7 heteroatoms. The molecule has 1 heterocycles. The van der Waals surface area contributed by atoms with Crippen LogP contribution in [0.25, 0.3) is 0 Å². The molecule has 18 heavy (non-hydrogen) atoms. The van der Waals surface area contributed by atoms with Gasteiger partial charge in [0.25, 0.3) is 5.91 Å². The molecule has 0 spiro atoms. The van der Waals surface area contributed by atoms with Crippen LogP contribution in [0.3, 0.4) is 0 Å². The SMILES string of the molecule is Cc1csc(C(=O)NC(C(N)=NO)C2CC2)c1Cl. The first-order chi connectivity index (χ1) is 8.54. The van der Waals surface area contributed by atoms with E-state index in [0.717, 1.165) is 18.4 Å². The van der Waals surface area contributed by atoms with Crippen LogP contribution in [0.4, 0.5) is 0 Å². The minimum Gasteiger partial charge on any atom is -0.409 e. The van der Waals surface area contributed by atoms with Crippen LogP contribution in [0.1, 0.15) is 28.1 Å². The number of nitrogens with one attached hydrogen (secondary N) is 1. The van der Waals surface area contributed by atoms with Crippen LogP contribution < -0.4 is 11.1 Å². The van der Waals surface area contributed by atoms with Crippen LogP contribution in [0.5, 0.6) is 0 Å². The fourth-order valence-corrected chi connectivity index (χ4v) is 2.90. The second-order valence-corrected chi connectivity index (χ2v) is 5.63. The van der Waals surface area contributed by atoms with Crippen molar-refractivity contribution in [2.75, 3.05) is 0 Å². The summed E-state index contributed by atoms with van der Waals surface area (Å²) in [4.78, 5) is 12.5. The van der Waals surface area contributed by atoms with E-state index in [9.17, 15) is 4.79 Å². The van der Waals surface area contributed by atoms with Gasteiger partial charge in [0.2, 0.25) is 0 Å². The van der Waals surface area contributed by atoms with Crippen LogP contribution in [0, 0.1) is 12.8 Å². The number of oxime groups is 1. The minimum absolute atomic E-state index is 0.0373. The number of thiophene rings is 1. The van der Waals surface area contributed by atoms with Gasteiger partial charge in [-0.3, -0.25) is 4.79 Å². The lowest BCUT2D eigenvalue weighted by Gasteiger charge is -2.16. The largest absolute Gasteiger partial charge is 0.409 e. The summed E-state index contributed by atoms with van der Waals surface area (Å²) in [5, 5.41) is 16.7. The van der Waals surface area contributed by atoms with Crippen LogP contribution >= 0.6 is 22.9 Å². The fraction of sp³-hybridized carbons (Fsp3) is 0.455. The Morgan fingerprint density at radius 2 is 2.39 bits per heavy atom. The molecule has 1 fully saturated rings. The van der Waals surface area contributed by atoms with Gasteiger partial charge in [-0.25, -0.2) is 0 Å². The average molecular weight is 288 g/mol. The van der Waals surface area contributed by atoms with Gasteiger partial charge in [0.15, 0.2) is 5.84 Å². The van der Waals surface area contributed by atoms with Crippen molar-refractivity contribution >= 4 is 34.7 Å². The quantitative estimate of drug-likeness (QED) is 0.342. The summed E-state index contributed by atoms with van der Waals surface area (Å²) in [5.74, 6) is 0.0153. The first-order valence-corrected chi connectivity index (χ1v) is 6.82. The summed E-state index contributed by atoms with van der Waals surface area (Å²) in [7, 11) is 0. The van der Waals surface area contributed by atoms with Crippen molar-refractivity contribution in [3.05, 3.63) is 20.8 Å². The highest BCUT2D eigenvalue weighted by atomic mass is 35.5. The van der Waals surface area contributed by atoms with Gasteiger partial charge in [-0.1, -0.05) is 16.8 Å². The molecule has 1 saturated carbocycles. The summed E-state index contributed by atoms with van der Waals surface area (Å²) < 4.78 is 0. The van der Waals surface area contributed by atoms with Crippen molar-refractivity contribution in [1.29, 1.82) is 0 Å². The molecule has 0 radical (unpaired) electrons. The highest BCUT2D eigenvalue weighted by molar-refractivity contribution is 7.13. The lowest BCUT2D eigenvalue weighted by Crippen LogP contribution is -2.46. The Morgan fingerprint density at radius 1 is 1.72 bits per heavy atom. The third-order valence-electron chi connectivity index (χ3n) is 2.92. The lowest BCUT2D eigenvalue weighted by molar-refractivity contribution is 0.0947. The zero-order valence-corrected chi connectivity index (χ0v) is 11.4. The molecule has 1 aromatic heterocycles. The van der Waals surface area contributed by atoms with Gasteiger partial charge in [-0.15, -0.1) is 11.3 Å². The molecule has 1 atom stereocenters. The van der Waals surface area contributed by atoms with Crippen molar-refractivity contribution in [1.82, 2.24) is 5.32 Å². The van der Waals surface area contributed by atoms with Gasteiger partial charge in [0.05, 0.1) is 11.1 Å². The van der Waals surface area contributed by atoms with Crippen LogP contribution in [-0.2, 0) is 0 Å². The van der Waals surface area contributed by atoms with E-state index in [1.807, 2.05) is 12.3 Å². The number of hydrogen-bond donors (Lipinski definition) is 3. The smallest absolute Gasteiger partial charge is 0.263 e. The Bertz CT molecular complexity index is 496. The molecule has 1 unspecified atom stereocenters. The fourth-order valence-electron chi connectivity index (χ4n) is 1.71. The number of rotatable bonds is 4. The van der Waals surface area contributed by atoms with E-state index in [2.05, 4.69) is 10.5 Å². The summed E-state index contributed by atoms with van der Waals surface area (Å²) in [6.45, 7) is 1.84. The Hall–Kier alpha value is -1.27. The number of nitrogens with two attached hydrogens (primary N) is 1. The van der Waals surface area contributed by atoms with Crippen LogP contribution in [0.15, 0.2) is 10.5 Å². The summed E-state index contributed by atoms with van der Waals surface area (Å²) in [6, 6.07) is -0.416. The number of carbonyl (C=O) groups excluding carboxylic acids is 1. The van der Waals surface area contributed by atoms with Gasteiger partial charge >= 0.3 is 0 Å². The molecule has 1 aliphatic carbocycles. The molecule has 1 amide bonds. The molecule has 1 aliphatic rings. The van der Waals surface area contributed by atoms with E-state index in [1.54, 1.807) is 0 Å². The van der Waals surface area contributed by atoms with Gasteiger partial charge in [0.1, 0.15) is 4.88 Å². The molecule has 0 aliphatic heterocycles. The molecule has 0 aromatic carbocycles. The van der Waals surface area contributed by atoms with Gasteiger partial charge in [-0.2, -0.15) is 0 Å². The number of hydrogen-bond acceptors (Lipinski definition) is 4. The summed E-state index contributed by atoms with van der Waals surface area (Å²) >= 11 is 7.32. The first-order valence-electron chi connectivity index (χ1n) is 5.56. The lowest BCUT2D eigenvalue weighted by atomic mass is 10.1. The van der Waals surface area contributed by atoms with E-state index in [4.69, 9.17) is 22.5 Å². The molecule has 0 saturated heterocycles. The number of carbonyl (C=O) groups is 1. The topological polar surface area (TPSA) is 87.7 Å². The molecule has 98 valence electrons. The van der Waals surface area contributed by atoms with Gasteiger partial charge in [-0.05, 0) is 36.6 Å². The maximum Gasteiger partial charge on any atom is 0.263 e. The number of amides is 1. The van der Waals surface area contributed by atoms with Crippen molar-refractivity contribution in [2.24, 2.45) is 16.8 Å². The molecule has 4 N–H and O–H groups in total. The maximum absolute atomic E-state index is 12.1. The first kappa shape index (κ1) is 13.2. The minimum atomic E-state index is -0.416. The highest BCUT2D eigenvalue weighted by Gasteiger charge is 2.35. The van der Waals surface area contributed by atoms with E-state index < -0.39 is 6.04 Å². The van der Waals surface area contributed by atoms with Crippen molar-refractivity contribution < 1.29 is 10.0 Å². The second kappa shape index (κ2) is 5.16. The number of nitrogens with zero attached hydrogens (tertiary/aromatic N) is 1. The maximum atomic E-state index is 12.1. The van der Waals surface area contributed by atoms with Crippen molar-refractivity contribution in [3.8, 4) is 0 Å². The molecule has 0 bridgehead atoms. The zero-order chi connectivity index (χ0) is 13.3. The van der Waals surface area contributed by atoms with E-state index in [1.165, 1.54) is 11.3 Å². The second-order valence-electron chi connectivity index (χ2n) is 4.38. The normalized spacial score (nSPS) is 17.6. The molecule has 2 rings (SSSR count). The standard InChI is InChI=1S/C11H14ClN3O2S/c1-5-4-18-9(7(5)12)11(16)14-8(6-2-3-6)10(13)15-17/h4,6,8,17H,2-3H2,1H3,(H2,13,15)(H,14,16). The number of aryl methyl sites for hydroxylation is 1. The van der Waals surface area contributed by atoms with Gasteiger partial charge in [0, 0.05) is 0 Å². The predicted molar refractivity (Wildman–Crippen MR) is 71.5 cm³/mol. The molecule has 1 aromatic rings. The molecular weight excluding hydrogens is 274 g/mol. The summed E-state index contributed by atoms with van der Waals surface area (Å²) in [6.07, 6.45) is 1.94. The third kappa shape index (κ3) is 2.59. The monoisotopic (exact) mass is 287 g/mol. The van der Waals surface area contributed by atoms with Crippen molar-refractivity contribution in [3.63, 3.8) is 0 Å². The number of amidine groups is 1.